The lowest BCUT2D eigenvalue weighted by molar-refractivity contribution is -0.117. The topological polar surface area (TPSA) is 121 Å². The maximum Gasteiger partial charge on any atom is 0.263 e. The van der Waals surface area contributed by atoms with Crippen LogP contribution < -0.4 is 10.0 Å². The lowest BCUT2D eigenvalue weighted by Gasteiger charge is -2.09. The summed E-state index contributed by atoms with van der Waals surface area (Å²) in [6, 6.07) is 18.6. The zero-order chi connectivity index (χ0) is 23.0. The van der Waals surface area contributed by atoms with Crippen molar-refractivity contribution in [2.75, 3.05) is 10.0 Å². The number of aromatic hydroxyl groups is 1. The van der Waals surface area contributed by atoms with Crippen molar-refractivity contribution < 1.29 is 18.3 Å². The van der Waals surface area contributed by atoms with E-state index in [1.54, 1.807) is 54.6 Å². The first-order valence-corrected chi connectivity index (χ1v) is 11.8. The molecule has 0 saturated heterocycles. The summed E-state index contributed by atoms with van der Waals surface area (Å²) < 4.78 is 27.6. The molecule has 8 nitrogen and oxygen atoms in total. The van der Waals surface area contributed by atoms with E-state index in [0.29, 0.717) is 17.5 Å². The highest BCUT2D eigenvalue weighted by atomic mass is 32.2. The van der Waals surface area contributed by atoms with Crippen molar-refractivity contribution in [3.63, 3.8) is 0 Å². The molecule has 166 valence electrons. The highest BCUT2D eigenvalue weighted by Crippen LogP contribution is 2.48. The number of benzene rings is 2. The van der Waals surface area contributed by atoms with Gasteiger partial charge in [-0.2, -0.15) is 0 Å². The summed E-state index contributed by atoms with van der Waals surface area (Å²) in [5, 5.41) is 14.1. The van der Waals surface area contributed by atoms with Crippen molar-refractivity contribution >= 4 is 38.2 Å². The van der Waals surface area contributed by atoms with Crippen molar-refractivity contribution in [3.05, 3.63) is 84.7 Å². The van der Waals surface area contributed by atoms with Gasteiger partial charge in [-0.15, -0.1) is 0 Å². The van der Waals surface area contributed by atoms with Crippen molar-refractivity contribution in [2.45, 2.75) is 17.2 Å². The van der Waals surface area contributed by atoms with Gasteiger partial charge in [-0.3, -0.25) is 9.52 Å². The number of aromatic nitrogens is 2. The number of hydrogen-bond acceptors (Lipinski definition) is 6. The van der Waals surface area contributed by atoms with E-state index in [1.807, 2.05) is 0 Å². The molecule has 33 heavy (non-hydrogen) atoms. The lowest BCUT2D eigenvalue weighted by Crippen LogP contribution is -2.15. The number of carbonyl (C=O) groups excluding carboxylic acids is 1. The Labute approximate surface area is 190 Å². The van der Waals surface area contributed by atoms with Crippen LogP contribution in [0.25, 0.3) is 10.8 Å². The number of anilines is 2. The first-order chi connectivity index (χ1) is 15.9. The fraction of sp³-hybridized carbons (Fsp3) is 0.125. The van der Waals surface area contributed by atoms with Gasteiger partial charge >= 0.3 is 0 Å². The molecule has 0 unspecified atom stereocenters. The molecule has 0 bridgehead atoms. The van der Waals surface area contributed by atoms with Crippen LogP contribution in [0.3, 0.4) is 0 Å². The fourth-order valence-corrected chi connectivity index (χ4v) is 4.85. The Morgan fingerprint density at radius 3 is 2.55 bits per heavy atom. The summed E-state index contributed by atoms with van der Waals surface area (Å²) in [4.78, 5) is 20.7. The summed E-state index contributed by atoms with van der Waals surface area (Å²) in [5.41, 5.74) is 1.56. The molecule has 1 aliphatic carbocycles. The highest BCUT2D eigenvalue weighted by Gasteiger charge is 2.44. The van der Waals surface area contributed by atoms with Crippen LogP contribution in [0.1, 0.15) is 17.9 Å². The highest BCUT2D eigenvalue weighted by molar-refractivity contribution is 7.92. The van der Waals surface area contributed by atoms with Crippen molar-refractivity contribution in [1.29, 1.82) is 0 Å². The number of fused-ring (bicyclic) bond motifs is 1. The van der Waals surface area contributed by atoms with Crippen LogP contribution in [0.2, 0.25) is 0 Å². The number of hydrogen-bond donors (Lipinski definition) is 3. The first kappa shape index (κ1) is 20.9. The van der Waals surface area contributed by atoms with Gasteiger partial charge in [0.25, 0.3) is 10.0 Å². The van der Waals surface area contributed by atoms with E-state index < -0.39 is 10.0 Å². The van der Waals surface area contributed by atoms with Gasteiger partial charge in [-0.1, -0.05) is 18.2 Å². The van der Waals surface area contributed by atoms with Crippen LogP contribution in [-0.4, -0.2) is 29.4 Å². The van der Waals surface area contributed by atoms with Gasteiger partial charge in [0.1, 0.15) is 5.82 Å². The molecule has 0 aliphatic heterocycles. The summed E-state index contributed by atoms with van der Waals surface area (Å²) in [6.45, 7) is 0. The van der Waals surface area contributed by atoms with E-state index in [2.05, 4.69) is 20.0 Å². The number of amides is 1. The predicted octanol–water partition coefficient (Wildman–Crippen LogP) is 3.88. The van der Waals surface area contributed by atoms with Crippen LogP contribution >= 0.6 is 0 Å². The Hall–Kier alpha value is -3.98. The van der Waals surface area contributed by atoms with Crippen molar-refractivity contribution in [3.8, 4) is 5.88 Å². The van der Waals surface area contributed by atoms with Crippen molar-refractivity contribution in [1.82, 2.24) is 9.97 Å². The van der Waals surface area contributed by atoms with Crippen LogP contribution in [0, 0.1) is 5.92 Å². The smallest absolute Gasteiger partial charge is 0.263 e. The molecule has 9 heteroatoms. The van der Waals surface area contributed by atoms with Gasteiger partial charge in [-0.25, -0.2) is 18.4 Å². The van der Waals surface area contributed by atoms with Crippen LogP contribution in [0.4, 0.5) is 11.5 Å². The minimum absolute atomic E-state index is 0.0409. The molecule has 5 rings (SSSR count). The molecule has 0 spiro atoms. The molecule has 1 aliphatic rings. The molecule has 4 aromatic rings. The first-order valence-electron chi connectivity index (χ1n) is 10.3. The zero-order valence-electron chi connectivity index (χ0n) is 17.3. The second-order valence-corrected chi connectivity index (χ2v) is 9.58. The third-order valence-electron chi connectivity index (χ3n) is 5.66. The number of nitrogens with zero attached hydrogens (tertiary/aromatic N) is 2. The minimum atomic E-state index is -3.74. The van der Waals surface area contributed by atoms with Crippen LogP contribution in [0.5, 0.6) is 5.88 Å². The summed E-state index contributed by atoms with van der Waals surface area (Å²) in [5.74, 6) is -0.0278. The van der Waals surface area contributed by atoms with E-state index >= 15 is 0 Å². The SMILES string of the molecule is O=C(Nc1ccc2c(O)nccc2c1)[C@@H]1C[C@H]1c1ccc(S(=O)(=O)Nc2ccccn2)cc1. The number of rotatable bonds is 6. The third-order valence-corrected chi connectivity index (χ3v) is 7.03. The number of nitrogens with one attached hydrogen (secondary N) is 2. The summed E-state index contributed by atoms with van der Waals surface area (Å²) >= 11 is 0. The van der Waals surface area contributed by atoms with E-state index in [9.17, 15) is 18.3 Å². The maximum absolute atomic E-state index is 12.7. The fourth-order valence-electron chi connectivity index (χ4n) is 3.84. The average molecular weight is 461 g/mol. The largest absolute Gasteiger partial charge is 0.493 e. The van der Waals surface area contributed by atoms with Crippen molar-refractivity contribution in [2.24, 2.45) is 5.92 Å². The second-order valence-electron chi connectivity index (χ2n) is 7.90. The van der Waals surface area contributed by atoms with E-state index in [-0.39, 0.29) is 34.3 Å². The molecule has 2 heterocycles. The van der Waals surface area contributed by atoms with E-state index in [0.717, 1.165) is 10.9 Å². The minimum Gasteiger partial charge on any atom is -0.493 e. The monoisotopic (exact) mass is 460 g/mol. The van der Waals surface area contributed by atoms with Gasteiger partial charge in [0.15, 0.2) is 0 Å². The van der Waals surface area contributed by atoms with Gasteiger partial charge in [0.2, 0.25) is 11.8 Å². The lowest BCUT2D eigenvalue weighted by atomic mass is 10.1. The van der Waals surface area contributed by atoms with Gasteiger partial charge in [-0.05, 0) is 71.8 Å². The second kappa shape index (κ2) is 8.18. The predicted molar refractivity (Wildman–Crippen MR) is 124 cm³/mol. The van der Waals surface area contributed by atoms with Gasteiger partial charge in [0, 0.05) is 29.4 Å². The van der Waals surface area contributed by atoms with Crippen LogP contribution in [-0.2, 0) is 14.8 Å². The third kappa shape index (κ3) is 4.35. The van der Waals surface area contributed by atoms with Gasteiger partial charge in [0.05, 0.1) is 4.90 Å². The molecule has 2 atom stereocenters. The molecule has 2 aromatic heterocycles. The quantitative estimate of drug-likeness (QED) is 0.402. The Balaban J connectivity index is 1.24. The molecule has 1 fully saturated rings. The number of pyridine rings is 2. The number of carbonyl (C=O) groups is 1. The number of sulfonamides is 1. The molecular formula is C24H20N4O4S. The average Bonchev–Trinajstić information content (AvgIpc) is 3.61. The molecule has 0 radical (unpaired) electrons. The van der Waals surface area contributed by atoms with E-state index in [4.69, 9.17) is 0 Å². The molecular weight excluding hydrogens is 440 g/mol. The van der Waals surface area contributed by atoms with E-state index in [1.165, 1.54) is 24.5 Å². The Kier molecular flexibility index (Phi) is 5.18. The molecule has 2 aromatic carbocycles. The summed E-state index contributed by atoms with van der Waals surface area (Å²) in [6.07, 6.45) is 3.72. The summed E-state index contributed by atoms with van der Waals surface area (Å²) in [7, 11) is -3.74. The standard InChI is InChI=1S/C24H20N4O4S/c29-23-19-9-6-17(13-16(19)10-12-26-23)27-24(30)21-14-20(21)15-4-7-18(8-5-15)33(31,32)28-22-3-1-2-11-25-22/h1-13,20-21H,14H2,(H,25,28)(H,26,29)(H,27,30)/t20-,21+/m0/s1. The molecule has 1 amide bonds. The molecule has 3 N–H and O–H groups in total. The maximum atomic E-state index is 12.7. The molecule has 1 saturated carbocycles. The zero-order valence-corrected chi connectivity index (χ0v) is 18.2. The Bertz CT molecular complexity index is 1440. The Morgan fingerprint density at radius 2 is 1.79 bits per heavy atom. The Morgan fingerprint density at radius 1 is 0.970 bits per heavy atom. The van der Waals surface area contributed by atoms with Crippen LogP contribution in [0.15, 0.2) is 84.0 Å². The van der Waals surface area contributed by atoms with Gasteiger partial charge < -0.3 is 10.4 Å². The normalized spacial score (nSPS) is 17.5.